The first-order valence-corrected chi connectivity index (χ1v) is 6.51. The second-order valence-electron chi connectivity index (χ2n) is 4.53. The predicted octanol–water partition coefficient (Wildman–Crippen LogP) is 1.04. The van der Waals surface area contributed by atoms with Gasteiger partial charge in [-0.25, -0.2) is 4.57 Å². The lowest BCUT2D eigenvalue weighted by molar-refractivity contribution is -0.695. The molecule has 0 fully saturated rings. The zero-order valence-electron chi connectivity index (χ0n) is 11.3. The van der Waals surface area contributed by atoms with Crippen LogP contribution in [0.3, 0.4) is 0 Å². The predicted molar refractivity (Wildman–Crippen MR) is 78.6 cm³/mol. The average molecular weight is 271 g/mol. The van der Waals surface area contributed by atoms with Crippen LogP contribution in [0.4, 0.5) is 11.4 Å². The number of para-hydroxylation sites is 1. The van der Waals surface area contributed by atoms with Crippen molar-refractivity contribution in [3.63, 3.8) is 0 Å². The Morgan fingerprint density at radius 2 is 1.85 bits per heavy atom. The van der Waals surface area contributed by atoms with Gasteiger partial charge in [-0.15, -0.1) is 0 Å². The Labute approximate surface area is 118 Å². The van der Waals surface area contributed by atoms with Gasteiger partial charge in [-0.2, -0.15) is 0 Å². The van der Waals surface area contributed by atoms with Gasteiger partial charge >= 0.3 is 0 Å². The zero-order chi connectivity index (χ0) is 14.4. The lowest BCUT2D eigenvalue weighted by atomic mass is 10.2. The van der Waals surface area contributed by atoms with E-state index < -0.39 is 0 Å². The summed E-state index contributed by atoms with van der Waals surface area (Å²) in [5.41, 5.74) is 13.7. The third-order valence-electron chi connectivity index (χ3n) is 3.03. The SMILES string of the molecule is NCc1ccccc1NC(=O)CC[n+]1ccc(N)cc1. The Kier molecular flexibility index (Phi) is 4.68. The van der Waals surface area contributed by atoms with Gasteiger partial charge in [0.1, 0.15) is 0 Å². The highest BCUT2D eigenvalue weighted by Gasteiger charge is 2.08. The normalized spacial score (nSPS) is 10.2. The van der Waals surface area contributed by atoms with Crippen molar-refractivity contribution >= 4 is 17.3 Å². The first-order valence-electron chi connectivity index (χ1n) is 6.51. The molecule has 0 spiro atoms. The summed E-state index contributed by atoms with van der Waals surface area (Å²) in [5.74, 6) is -0.0322. The number of carbonyl (C=O) groups excluding carboxylic acids is 1. The number of amides is 1. The van der Waals surface area contributed by atoms with Gasteiger partial charge < -0.3 is 16.8 Å². The number of hydrogen-bond donors (Lipinski definition) is 3. The van der Waals surface area contributed by atoms with E-state index in [1.807, 2.05) is 53.4 Å². The monoisotopic (exact) mass is 271 g/mol. The van der Waals surface area contributed by atoms with E-state index in [-0.39, 0.29) is 5.91 Å². The molecule has 0 aliphatic carbocycles. The molecule has 5 N–H and O–H groups in total. The first-order chi connectivity index (χ1) is 9.69. The minimum atomic E-state index is -0.0322. The van der Waals surface area contributed by atoms with Gasteiger partial charge in [-0.1, -0.05) is 18.2 Å². The highest BCUT2D eigenvalue weighted by atomic mass is 16.1. The van der Waals surface area contributed by atoms with E-state index in [0.29, 0.717) is 25.2 Å². The molecule has 1 aromatic carbocycles. The molecule has 1 amide bonds. The Morgan fingerprint density at radius 3 is 2.55 bits per heavy atom. The number of nitrogens with two attached hydrogens (primary N) is 2. The molecule has 0 saturated heterocycles. The van der Waals surface area contributed by atoms with Crippen LogP contribution in [0.2, 0.25) is 0 Å². The average Bonchev–Trinajstić information content (AvgIpc) is 2.47. The van der Waals surface area contributed by atoms with Crippen LogP contribution in [0, 0.1) is 0 Å². The number of nitrogen functional groups attached to an aromatic ring is 1. The summed E-state index contributed by atoms with van der Waals surface area (Å²) < 4.78 is 1.92. The lowest BCUT2D eigenvalue weighted by Crippen LogP contribution is -2.34. The van der Waals surface area contributed by atoms with Gasteiger partial charge in [-0.3, -0.25) is 4.79 Å². The molecule has 0 aliphatic heterocycles. The molecule has 0 unspecified atom stereocenters. The molecule has 2 aromatic rings. The fourth-order valence-corrected chi connectivity index (χ4v) is 1.88. The molecule has 0 atom stereocenters. The molecule has 5 nitrogen and oxygen atoms in total. The highest BCUT2D eigenvalue weighted by Crippen LogP contribution is 2.14. The second-order valence-corrected chi connectivity index (χ2v) is 4.53. The van der Waals surface area contributed by atoms with E-state index in [1.54, 1.807) is 0 Å². The third-order valence-corrected chi connectivity index (χ3v) is 3.03. The van der Waals surface area contributed by atoms with Gasteiger partial charge in [0.05, 0.1) is 6.42 Å². The van der Waals surface area contributed by atoms with Crippen molar-refractivity contribution in [2.24, 2.45) is 5.73 Å². The molecule has 1 heterocycles. The first kappa shape index (κ1) is 14.0. The number of aryl methyl sites for hydroxylation is 1. The van der Waals surface area contributed by atoms with E-state index in [2.05, 4.69) is 5.32 Å². The van der Waals surface area contributed by atoms with E-state index in [9.17, 15) is 4.79 Å². The Morgan fingerprint density at radius 1 is 1.15 bits per heavy atom. The Bertz CT molecular complexity index is 581. The molecule has 5 heteroatoms. The number of pyridine rings is 1. The van der Waals surface area contributed by atoms with Crippen LogP contribution in [0.15, 0.2) is 48.8 Å². The number of rotatable bonds is 5. The van der Waals surface area contributed by atoms with Gasteiger partial charge in [-0.05, 0) is 11.6 Å². The van der Waals surface area contributed by atoms with Crippen LogP contribution in [-0.2, 0) is 17.9 Å². The van der Waals surface area contributed by atoms with E-state index in [0.717, 1.165) is 11.3 Å². The number of nitrogens with one attached hydrogen (secondary N) is 1. The van der Waals surface area contributed by atoms with Crippen molar-refractivity contribution in [3.8, 4) is 0 Å². The molecule has 2 rings (SSSR count). The largest absolute Gasteiger partial charge is 0.398 e. The summed E-state index contributed by atoms with van der Waals surface area (Å²) in [4.78, 5) is 11.9. The van der Waals surface area contributed by atoms with Crippen LogP contribution in [0.5, 0.6) is 0 Å². The molecule has 0 bridgehead atoms. The molecule has 0 aliphatic rings. The second kappa shape index (κ2) is 6.68. The summed E-state index contributed by atoms with van der Waals surface area (Å²) in [6, 6.07) is 11.2. The van der Waals surface area contributed by atoms with Crippen molar-refractivity contribution < 1.29 is 9.36 Å². The molecule has 20 heavy (non-hydrogen) atoms. The van der Waals surface area contributed by atoms with Crippen molar-refractivity contribution in [1.82, 2.24) is 0 Å². The van der Waals surface area contributed by atoms with Gasteiger partial charge in [0.25, 0.3) is 0 Å². The van der Waals surface area contributed by atoms with Crippen molar-refractivity contribution in [2.45, 2.75) is 19.5 Å². The maximum atomic E-state index is 11.9. The summed E-state index contributed by atoms with van der Waals surface area (Å²) in [6.45, 7) is 1.01. The summed E-state index contributed by atoms with van der Waals surface area (Å²) in [7, 11) is 0. The molecular formula is C15H19N4O+. The van der Waals surface area contributed by atoms with Crippen LogP contribution in [-0.4, -0.2) is 5.91 Å². The zero-order valence-corrected chi connectivity index (χ0v) is 11.3. The van der Waals surface area contributed by atoms with E-state index in [4.69, 9.17) is 11.5 Å². The fourth-order valence-electron chi connectivity index (χ4n) is 1.88. The molecule has 0 saturated carbocycles. The van der Waals surface area contributed by atoms with Gasteiger partial charge in [0.15, 0.2) is 18.9 Å². The maximum Gasteiger partial charge on any atom is 0.230 e. The molecule has 1 aromatic heterocycles. The van der Waals surface area contributed by atoms with Crippen molar-refractivity contribution in [1.29, 1.82) is 0 Å². The van der Waals surface area contributed by atoms with Crippen LogP contribution in [0.1, 0.15) is 12.0 Å². The van der Waals surface area contributed by atoms with E-state index in [1.165, 1.54) is 0 Å². The molecular weight excluding hydrogens is 252 g/mol. The Balaban J connectivity index is 1.91. The quantitative estimate of drug-likeness (QED) is 0.710. The standard InChI is InChI=1S/C15H18N4O/c16-11-12-3-1-2-4-14(12)18-15(20)7-10-19-8-5-13(17)6-9-19/h1-6,8-9,17H,7,10-11,16H2,(H,18,20)/p+1. The van der Waals surface area contributed by atoms with Crippen molar-refractivity contribution in [2.75, 3.05) is 11.1 Å². The number of benzene rings is 1. The minimum absolute atomic E-state index is 0.0322. The number of hydrogen-bond acceptors (Lipinski definition) is 3. The van der Waals surface area contributed by atoms with Gasteiger partial charge in [0, 0.05) is 30.1 Å². The molecule has 0 radical (unpaired) electrons. The van der Waals surface area contributed by atoms with Crippen LogP contribution in [0.25, 0.3) is 0 Å². The summed E-state index contributed by atoms with van der Waals surface area (Å²) in [5, 5.41) is 2.89. The fraction of sp³-hybridized carbons (Fsp3) is 0.200. The van der Waals surface area contributed by atoms with Crippen LogP contribution >= 0.6 is 0 Å². The lowest BCUT2D eigenvalue weighted by Gasteiger charge is -2.08. The number of carbonyl (C=O) groups is 1. The van der Waals surface area contributed by atoms with Gasteiger partial charge in [0.2, 0.25) is 5.91 Å². The van der Waals surface area contributed by atoms with Crippen molar-refractivity contribution in [3.05, 3.63) is 54.4 Å². The number of nitrogens with zero attached hydrogens (tertiary/aromatic N) is 1. The minimum Gasteiger partial charge on any atom is -0.398 e. The third kappa shape index (κ3) is 3.80. The maximum absolute atomic E-state index is 11.9. The number of aromatic nitrogens is 1. The van der Waals surface area contributed by atoms with E-state index >= 15 is 0 Å². The summed E-state index contributed by atoms with van der Waals surface area (Å²) in [6.07, 6.45) is 4.11. The Hall–Kier alpha value is -2.40. The number of anilines is 2. The highest BCUT2D eigenvalue weighted by molar-refractivity contribution is 5.91. The molecule has 104 valence electrons. The summed E-state index contributed by atoms with van der Waals surface area (Å²) >= 11 is 0. The topological polar surface area (TPSA) is 85.0 Å². The smallest absolute Gasteiger partial charge is 0.230 e. The van der Waals surface area contributed by atoms with Crippen LogP contribution < -0.4 is 21.4 Å².